The standard InChI is InChI=1S/C19H16F2N2O5/c1-10(18(25)22-11-6-7-12(20)13(21)8-11)27-17(24)9-16-19(26)23-14-4-2-3-5-15(14)28-16/h2-8,10,16H,9H2,1H3,(H,22,25)(H,23,26)/t10-,16+/m1/s1. The van der Waals surface area contributed by atoms with Crippen LogP contribution in [0.25, 0.3) is 0 Å². The zero-order valence-electron chi connectivity index (χ0n) is 14.7. The number of hydrogen-bond donors (Lipinski definition) is 2. The molecule has 1 aliphatic heterocycles. The van der Waals surface area contributed by atoms with E-state index in [1.54, 1.807) is 24.3 Å². The van der Waals surface area contributed by atoms with Crippen molar-refractivity contribution in [1.29, 1.82) is 0 Å². The lowest BCUT2D eigenvalue weighted by molar-refractivity contribution is -0.155. The number of benzene rings is 2. The van der Waals surface area contributed by atoms with Crippen LogP contribution in [0, 0.1) is 11.6 Å². The molecule has 0 fully saturated rings. The number of esters is 1. The largest absolute Gasteiger partial charge is 0.478 e. The molecule has 2 aromatic rings. The van der Waals surface area contributed by atoms with Crippen molar-refractivity contribution in [3.63, 3.8) is 0 Å². The zero-order chi connectivity index (χ0) is 20.3. The van der Waals surface area contributed by atoms with Gasteiger partial charge in [-0.1, -0.05) is 12.1 Å². The fourth-order valence-corrected chi connectivity index (χ4v) is 2.49. The molecule has 0 saturated carbocycles. The third-order valence-electron chi connectivity index (χ3n) is 3.92. The Morgan fingerprint density at radius 2 is 1.96 bits per heavy atom. The van der Waals surface area contributed by atoms with Crippen LogP contribution in [-0.4, -0.2) is 30.0 Å². The fourth-order valence-electron chi connectivity index (χ4n) is 2.49. The van der Waals surface area contributed by atoms with Crippen LogP contribution in [0.2, 0.25) is 0 Å². The summed E-state index contributed by atoms with van der Waals surface area (Å²) in [7, 11) is 0. The molecule has 146 valence electrons. The molecule has 0 unspecified atom stereocenters. The summed E-state index contributed by atoms with van der Waals surface area (Å²) in [4.78, 5) is 36.1. The molecule has 0 saturated heterocycles. The van der Waals surface area contributed by atoms with Crippen LogP contribution in [0.1, 0.15) is 13.3 Å². The average molecular weight is 390 g/mol. The van der Waals surface area contributed by atoms with Gasteiger partial charge in [0, 0.05) is 11.8 Å². The van der Waals surface area contributed by atoms with Crippen molar-refractivity contribution in [2.45, 2.75) is 25.6 Å². The molecule has 7 nitrogen and oxygen atoms in total. The average Bonchev–Trinajstić information content (AvgIpc) is 2.65. The Morgan fingerprint density at radius 1 is 1.21 bits per heavy atom. The summed E-state index contributed by atoms with van der Waals surface area (Å²) in [6, 6.07) is 9.58. The highest BCUT2D eigenvalue weighted by Gasteiger charge is 2.31. The highest BCUT2D eigenvalue weighted by molar-refractivity contribution is 6.00. The van der Waals surface area contributed by atoms with Crippen LogP contribution < -0.4 is 15.4 Å². The Hall–Kier alpha value is -3.49. The smallest absolute Gasteiger partial charge is 0.310 e. The van der Waals surface area contributed by atoms with E-state index in [2.05, 4.69) is 10.6 Å². The molecular weight excluding hydrogens is 374 g/mol. The number of fused-ring (bicyclic) bond motifs is 1. The quantitative estimate of drug-likeness (QED) is 0.766. The van der Waals surface area contributed by atoms with Crippen LogP contribution >= 0.6 is 0 Å². The molecule has 9 heteroatoms. The van der Waals surface area contributed by atoms with Crippen LogP contribution in [-0.2, 0) is 19.1 Å². The third-order valence-corrected chi connectivity index (χ3v) is 3.92. The van der Waals surface area contributed by atoms with E-state index in [4.69, 9.17) is 9.47 Å². The second-order valence-electron chi connectivity index (χ2n) is 6.05. The van der Waals surface area contributed by atoms with Gasteiger partial charge in [0.2, 0.25) is 0 Å². The second kappa shape index (κ2) is 8.03. The monoisotopic (exact) mass is 390 g/mol. The number of ether oxygens (including phenoxy) is 2. The van der Waals surface area contributed by atoms with Gasteiger partial charge in [-0.25, -0.2) is 8.78 Å². The summed E-state index contributed by atoms with van der Waals surface area (Å²) >= 11 is 0. The topological polar surface area (TPSA) is 93.7 Å². The Labute approximate surface area is 158 Å². The van der Waals surface area contributed by atoms with Gasteiger partial charge in [-0.2, -0.15) is 0 Å². The van der Waals surface area contributed by atoms with Crippen molar-refractivity contribution in [2.75, 3.05) is 10.6 Å². The van der Waals surface area contributed by atoms with Gasteiger partial charge in [0.25, 0.3) is 11.8 Å². The molecule has 0 aliphatic carbocycles. The third kappa shape index (κ3) is 4.43. The van der Waals surface area contributed by atoms with Crippen molar-refractivity contribution in [1.82, 2.24) is 0 Å². The first-order valence-electron chi connectivity index (χ1n) is 8.35. The lowest BCUT2D eigenvalue weighted by atomic mass is 10.1. The minimum Gasteiger partial charge on any atom is -0.478 e. The van der Waals surface area contributed by atoms with Gasteiger partial charge in [0.1, 0.15) is 5.75 Å². The SMILES string of the molecule is C[C@@H](OC(=O)C[C@@H]1Oc2ccccc2NC1=O)C(=O)Nc1ccc(F)c(F)c1. The molecule has 0 spiro atoms. The van der Waals surface area contributed by atoms with Crippen molar-refractivity contribution in [3.8, 4) is 5.75 Å². The number of anilines is 2. The highest BCUT2D eigenvalue weighted by Crippen LogP contribution is 2.29. The van der Waals surface area contributed by atoms with Gasteiger partial charge in [-0.15, -0.1) is 0 Å². The van der Waals surface area contributed by atoms with E-state index in [1.165, 1.54) is 13.0 Å². The maximum atomic E-state index is 13.2. The first kappa shape index (κ1) is 19.3. The number of nitrogens with one attached hydrogen (secondary N) is 2. The lowest BCUT2D eigenvalue weighted by Gasteiger charge is -2.25. The Kier molecular flexibility index (Phi) is 5.53. The summed E-state index contributed by atoms with van der Waals surface area (Å²) in [5, 5.41) is 4.92. The summed E-state index contributed by atoms with van der Waals surface area (Å²) in [5.41, 5.74) is 0.509. The van der Waals surface area contributed by atoms with Crippen LogP contribution in [0.3, 0.4) is 0 Å². The summed E-state index contributed by atoms with van der Waals surface area (Å²) in [5.74, 6) is -3.82. The minimum absolute atomic E-state index is 0.0124. The normalized spacial score (nSPS) is 16.2. The van der Waals surface area contributed by atoms with Gasteiger partial charge in [-0.3, -0.25) is 14.4 Å². The number of amides is 2. The number of para-hydroxylation sites is 2. The Balaban J connectivity index is 1.54. The van der Waals surface area contributed by atoms with E-state index < -0.39 is 48.0 Å². The molecule has 0 aromatic heterocycles. The molecule has 2 N–H and O–H groups in total. The molecule has 0 bridgehead atoms. The van der Waals surface area contributed by atoms with Crippen molar-refractivity contribution in [3.05, 3.63) is 54.1 Å². The maximum absolute atomic E-state index is 13.2. The first-order chi connectivity index (χ1) is 13.3. The number of hydrogen-bond acceptors (Lipinski definition) is 5. The zero-order valence-corrected chi connectivity index (χ0v) is 14.7. The Morgan fingerprint density at radius 3 is 2.71 bits per heavy atom. The number of rotatable bonds is 5. The fraction of sp³-hybridized carbons (Fsp3) is 0.211. The summed E-state index contributed by atoms with van der Waals surface area (Å²) < 4.78 is 36.6. The first-order valence-corrected chi connectivity index (χ1v) is 8.35. The van der Waals surface area contributed by atoms with Crippen LogP contribution in [0.4, 0.5) is 20.2 Å². The van der Waals surface area contributed by atoms with Crippen molar-refractivity contribution < 1.29 is 32.6 Å². The van der Waals surface area contributed by atoms with Gasteiger partial charge >= 0.3 is 5.97 Å². The van der Waals surface area contributed by atoms with E-state index in [0.717, 1.165) is 12.1 Å². The highest BCUT2D eigenvalue weighted by atomic mass is 19.2. The predicted octanol–water partition coefficient (Wildman–Crippen LogP) is 2.62. The number of carbonyl (C=O) groups is 3. The van der Waals surface area contributed by atoms with E-state index in [1.807, 2.05) is 0 Å². The number of carbonyl (C=O) groups excluding carboxylic acids is 3. The van der Waals surface area contributed by atoms with Gasteiger partial charge < -0.3 is 20.1 Å². The number of halogens is 2. The molecule has 2 amide bonds. The lowest BCUT2D eigenvalue weighted by Crippen LogP contribution is -2.40. The maximum Gasteiger partial charge on any atom is 0.310 e. The van der Waals surface area contributed by atoms with Gasteiger partial charge in [0.05, 0.1) is 12.1 Å². The molecule has 2 aromatic carbocycles. The van der Waals surface area contributed by atoms with Crippen molar-refractivity contribution in [2.24, 2.45) is 0 Å². The predicted molar refractivity (Wildman–Crippen MR) is 94.6 cm³/mol. The van der Waals surface area contributed by atoms with Crippen molar-refractivity contribution >= 4 is 29.2 Å². The molecular formula is C19H16F2N2O5. The van der Waals surface area contributed by atoms with E-state index in [0.29, 0.717) is 11.4 Å². The van der Waals surface area contributed by atoms with Gasteiger partial charge in [-0.05, 0) is 31.2 Å². The van der Waals surface area contributed by atoms with Crippen LogP contribution in [0.5, 0.6) is 5.75 Å². The van der Waals surface area contributed by atoms with Crippen LogP contribution in [0.15, 0.2) is 42.5 Å². The molecule has 3 rings (SSSR count). The second-order valence-corrected chi connectivity index (χ2v) is 6.05. The summed E-state index contributed by atoms with van der Waals surface area (Å²) in [6.07, 6.45) is -2.72. The Bertz CT molecular complexity index is 934. The van der Waals surface area contributed by atoms with Gasteiger partial charge in [0.15, 0.2) is 23.8 Å². The molecule has 1 aliphatic rings. The summed E-state index contributed by atoms with van der Waals surface area (Å²) in [6.45, 7) is 1.31. The molecule has 2 atom stereocenters. The molecule has 28 heavy (non-hydrogen) atoms. The molecule has 0 radical (unpaired) electrons. The van der Waals surface area contributed by atoms with E-state index in [9.17, 15) is 23.2 Å². The minimum atomic E-state index is -1.22. The molecule has 1 heterocycles. The van der Waals surface area contributed by atoms with E-state index in [-0.39, 0.29) is 5.69 Å². The van der Waals surface area contributed by atoms with E-state index >= 15 is 0 Å².